The van der Waals surface area contributed by atoms with Crippen LogP contribution in [0.2, 0.25) is 0 Å². The normalized spacial score (nSPS) is 24.1. The van der Waals surface area contributed by atoms with Gasteiger partial charge in [0.05, 0.1) is 6.10 Å². The Kier molecular flexibility index (Phi) is 7.91. The number of para-hydroxylation sites is 1. The molecule has 168 valence electrons. The number of carbonyl (C=O) groups is 1. The van der Waals surface area contributed by atoms with Crippen molar-refractivity contribution in [1.29, 1.82) is 0 Å². The third-order valence-corrected chi connectivity index (χ3v) is 7.11. The van der Waals surface area contributed by atoms with Gasteiger partial charge >= 0.3 is 0 Å². The number of nitrogens with one attached hydrogen (secondary N) is 2. The lowest BCUT2D eigenvalue weighted by Gasteiger charge is -2.45. The molecule has 3 N–H and O–H groups in total. The van der Waals surface area contributed by atoms with Gasteiger partial charge < -0.3 is 20.6 Å². The number of aryl methyl sites for hydroxylation is 2. The standard InChI is InChI=1S/C24H40N4O2/c1-18-8-7-9-19(2)22(18)28(17-16-26-20-10-5-6-11-21(20)29)23(30)24(27(3)4)12-14-25-15-13-24/h7-9,20-21,25-26,29H,5-6,10-17H2,1-4H3/t20-,21-/m1/s1. The summed E-state index contributed by atoms with van der Waals surface area (Å²) in [5.74, 6) is 0.192. The minimum absolute atomic E-state index is 0.135. The third-order valence-electron chi connectivity index (χ3n) is 7.11. The molecule has 0 aromatic heterocycles. The Morgan fingerprint density at radius 1 is 1.17 bits per heavy atom. The summed E-state index contributed by atoms with van der Waals surface area (Å²) in [7, 11) is 4.06. The van der Waals surface area contributed by atoms with E-state index in [0.29, 0.717) is 13.1 Å². The number of rotatable bonds is 7. The number of hydrogen-bond acceptors (Lipinski definition) is 5. The van der Waals surface area contributed by atoms with Gasteiger partial charge in [0, 0.05) is 24.8 Å². The highest BCUT2D eigenvalue weighted by molar-refractivity contribution is 6.01. The van der Waals surface area contributed by atoms with Crippen LogP contribution in [0.3, 0.4) is 0 Å². The van der Waals surface area contributed by atoms with E-state index in [-0.39, 0.29) is 18.1 Å². The van der Waals surface area contributed by atoms with Gasteiger partial charge in [0.15, 0.2) is 0 Å². The minimum Gasteiger partial charge on any atom is -0.392 e. The Morgan fingerprint density at radius 2 is 1.80 bits per heavy atom. The molecule has 1 aromatic rings. The highest BCUT2D eigenvalue weighted by Crippen LogP contribution is 2.32. The number of carbonyl (C=O) groups excluding carboxylic acids is 1. The fraction of sp³-hybridized carbons (Fsp3) is 0.708. The Morgan fingerprint density at radius 3 is 2.40 bits per heavy atom. The van der Waals surface area contributed by atoms with E-state index in [2.05, 4.69) is 47.6 Å². The van der Waals surface area contributed by atoms with E-state index in [0.717, 1.165) is 68.4 Å². The maximum absolute atomic E-state index is 14.1. The first-order chi connectivity index (χ1) is 14.4. The average molecular weight is 417 g/mol. The van der Waals surface area contributed by atoms with E-state index in [1.165, 1.54) is 0 Å². The molecule has 1 saturated carbocycles. The summed E-state index contributed by atoms with van der Waals surface area (Å²) in [5.41, 5.74) is 2.81. The summed E-state index contributed by atoms with van der Waals surface area (Å²) in [4.78, 5) is 18.2. The summed E-state index contributed by atoms with van der Waals surface area (Å²) >= 11 is 0. The lowest BCUT2D eigenvalue weighted by atomic mass is 9.85. The van der Waals surface area contributed by atoms with Crippen LogP contribution in [0.4, 0.5) is 5.69 Å². The van der Waals surface area contributed by atoms with Gasteiger partial charge in [-0.15, -0.1) is 0 Å². The van der Waals surface area contributed by atoms with Crippen molar-refractivity contribution < 1.29 is 9.90 Å². The molecule has 2 atom stereocenters. The molecule has 6 heteroatoms. The fourth-order valence-electron chi connectivity index (χ4n) is 5.20. The second-order valence-corrected chi connectivity index (χ2v) is 9.29. The first-order valence-corrected chi connectivity index (χ1v) is 11.5. The predicted molar refractivity (Wildman–Crippen MR) is 123 cm³/mol. The molecule has 3 rings (SSSR count). The summed E-state index contributed by atoms with van der Waals surface area (Å²) in [5, 5.41) is 17.3. The van der Waals surface area contributed by atoms with Crippen LogP contribution in [0.25, 0.3) is 0 Å². The zero-order chi connectivity index (χ0) is 21.7. The van der Waals surface area contributed by atoms with E-state index in [1.54, 1.807) is 0 Å². The molecule has 1 aliphatic carbocycles. The maximum atomic E-state index is 14.1. The second kappa shape index (κ2) is 10.2. The number of benzene rings is 1. The number of anilines is 1. The Hall–Kier alpha value is -1.47. The third kappa shape index (κ3) is 4.88. The van der Waals surface area contributed by atoms with E-state index >= 15 is 0 Å². The van der Waals surface area contributed by atoms with Crippen LogP contribution in [-0.2, 0) is 4.79 Å². The van der Waals surface area contributed by atoms with Gasteiger partial charge in [-0.25, -0.2) is 0 Å². The molecule has 0 bridgehead atoms. The second-order valence-electron chi connectivity index (χ2n) is 9.29. The van der Waals surface area contributed by atoms with Crippen LogP contribution in [0.1, 0.15) is 49.7 Å². The molecule has 0 unspecified atom stereocenters. The lowest BCUT2D eigenvalue weighted by molar-refractivity contribution is -0.131. The minimum atomic E-state index is -0.482. The average Bonchev–Trinajstić information content (AvgIpc) is 2.73. The van der Waals surface area contributed by atoms with Crippen LogP contribution < -0.4 is 15.5 Å². The summed E-state index contributed by atoms with van der Waals surface area (Å²) in [6.45, 7) is 7.19. The molecule has 2 aliphatic rings. The molecule has 1 aromatic carbocycles. The van der Waals surface area contributed by atoms with E-state index in [1.807, 2.05) is 19.0 Å². The van der Waals surface area contributed by atoms with Gasteiger partial charge in [-0.05, 0) is 77.8 Å². The molecule has 30 heavy (non-hydrogen) atoms. The van der Waals surface area contributed by atoms with Crippen molar-refractivity contribution in [1.82, 2.24) is 15.5 Å². The molecule has 6 nitrogen and oxygen atoms in total. The fourth-order valence-corrected chi connectivity index (χ4v) is 5.20. The number of likely N-dealkylation sites (N-methyl/N-ethyl adjacent to an activating group) is 1. The van der Waals surface area contributed by atoms with E-state index in [4.69, 9.17) is 0 Å². The van der Waals surface area contributed by atoms with Crippen LogP contribution in [0.15, 0.2) is 18.2 Å². The number of amides is 1. The quantitative estimate of drug-likeness (QED) is 0.636. The largest absolute Gasteiger partial charge is 0.392 e. The molecule has 1 heterocycles. The molecular weight excluding hydrogens is 376 g/mol. The SMILES string of the molecule is Cc1cccc(C)c1N(CCN[C@@H]1CCCC[C@H]1O)C(=O)C1(N(C)C)CCNCC1. The van der Waals surface area contributed by atoms with Crippen molar-refractivity contribution in [3.8, 4) is 0 Å². The Balaban J connectivity index is 1.84. The molecule has 0 radical (unpaired) electrons. The van der Waals surface area contributed by atoms with Gasteiger partial charge in [-0.2, -0.15) is 0 Å². The smallest absolute Gasteiger partial charge is 0.247 e. The van der Waals surface area contributed by atoms with Gasteiger partial charge in [0.2, 0.25) is 5.91 Å². The zero-order valence-electron chi connectivity index (χ0n) is 19.2. The molecule has 1 saturated heterocycles. The lowest BCUT2D eigenvalue weighted by Crippen LogP contribution is -2.62. The van der Waals surface area contributed by atoms with Gasteiger partial charge in [-0.3, -0.25) is 9.69 Å². The maximum Gasteiger partial charge on any atom is 0.247 e. The summed E-state index contributed by atoms with van der Waals surface area (Å²) in [6, 6.07) is 6.37. The molecular formula is C24H40N4O2. The van der Waals surface area contributed by atoms with Crippen molar-refractivity contribution >= 4 is 11.6 Å². The number of nitrogens with zero attached hydrogens (tertiary/aromatic N) is 2. The monoisotopic (exact) mass is 416 g/mol. The topological polar surface area (TPSA) is 67.8 Å². The molecule has 2 fully saturated rings. The first kappa shape index (κ1) is 23.2. The van der Waals surface area contributed by atoms with Crippen molar-refractivity contribution in [2.75, 3.05) is 45.2 Å². The number of aliphatic hydroxyl groups is 1. The van der Waals surface area contributed by atoms with Crippen LogP contribution in [0.5, 0.6) is 0 Å². The first-order valence-electron chi connectivity index (χ1n) is 11.5. The highest BCUT2D eigenvalue weighted by atomic mass is 16.3. The van der Waals surface area contributed by atoms with Gasteiger partial charge in [0.25, 0.3) is 0 Å². The highest BCUT2D eigenvalue weighted by Gasteiger charge is 2.44. The van der Waals surface area contributed by atoms with Gasteiger partial charge in [0.1, 0.15) is 5.54 Å². The number of piperidine rings is 1. The van der Waals surface area contributed by atoms with Crippen molar-refractivity contribution in [3.05, 3.63) is 29.3 Å². The number of hydrogen-bond donors (Lipinski definition) is 3. The number of aliphatic hydroxyl groups excluding tert-OH is 1. The van der Waals surface area contributed by atoms with Crippen LogP contribution >= 0.6 is 0 Å². The summed E-state index contributed by atoms with van der Waals surface area (Å²) < 4.78 is 0. The molecule has 0 spiro atoms. The van der Waals surface area contributed by atoms with Crippen LogP contribution in [0, 0.1) is 13.8 Å². The molecule has 1 aliphatic heterocycles. The van der Waals surface area contributed by atoms with Gasteiger partial charge in [-0.1, -0.05) is 31.0 Å². The van der Waals surface area contributed by atoms with Crippen molar-refractivity contribution in [2.24, 2.45) is 0 Å². The summed E-state index contributed by atoms with van der Waals surface area (Å²) in [6.07, 6.45) is 5.49. The van der Waals surface area contributed by atoms with Crippen molar-refractivity contribution in [3.63, 3.8) is 0 Å². The molecule has 1 amide bonds. The zero-order valence-corrected chi connectivity index (χ0v) is 19.2. The van der Waals surface area contributed by atoms with Crippen molar-refractivity contribution in [2.45, 2.75) is 70.1 Å². The predicted octanol–water partition coefficient (Wildman–Crippen LogP) is 2.21. The van der Waals surface area contributed by atoms with E-state index in [9.17, 15) is 9.90 Å². The van der Waals surface area contributed by atoms with E-state index < -0.39 is 5.54 Å². The van der Waals surface area contributed by atoms with Crippen LogP contribution in [-0.4, -0.2) is 73.9 Å². The Labute approximate surface area is 182 Å². The Bertz CT molecular complexity index is 695.